The van der Waals surface area contributed by atoms with Crippen molar-refractivity contribution in [3.63, 3.8) is 0 Å². The minimum absolute atomic E-state index is 0.0748. The van der Waals surface area contributed by atoms with Crippen molar-refractivity contribution in [3.8, 4) is 0 Å². The first-order valence-electron chi connectivity index (χ1n) is 18.9. The lowest BCUT2D eigenvalue weighted by molar-refractivity contribution is -0.142. The van der Waals surface area contributed by atoms with Crippen LogP contribution in [0, 0.1) is 0 Å². The lowest BCUT2D eigenvalue weighted by Gasteiger charge is -2.31. The van der Waals surface area contributed by atoms with Gasteiger partial charge in [0.25, 0.3) is 5.91 Å². The van der Waals surface area contributed by atoms with E-state index in [1.807, 2.05) is 6.07 Å². The molecule has 3 heterocycles. The summed E-state index contributed by atoms with van der Waals surface area (Å²) in [6, 6.07) is 10.1. The largest absolute Gasteiger partial charge is 0.466 e. The number of imide groups is 1. The fraction of sp³-hybridized carbons (Fsp3) is 0.476. The number of amidine groups is 1. The number of aliphatic imine (C=N–C) groups is 1. The van der Waals surface area contributed by atoms with Crippen LogP contribution in [0.15, 0.2) is 59.9 Å². The molecule has 5 amide bonds. The number of ether oxygens (including phenoxy) is 4. The van der Waals surface area contributed by atoms with Gasteiger partial charge in [0.05, 0.1) is 13.0 Å². The summed E-state index contributed by atoms with van der Waals surface area (Å²) in [5.41, 5.74) is -1.12. The number of esters is 1. The van der Waals surface area contributed by atoms with Crippen molar-refractivity contribution in [3.05, 3.63) is 86.9 Å². The van der Waals surface area contributed by atoms with E-state index in [0.717, 1.165) is 20.9 Å². The van der Waals surface area contributed by atoms with E-state index < -0.39 is 52.9 Å². The number of fused-ring (bicyclic) bond motifs is 1. The predicted molar refractivity (Wildman–Crippen MR) is 216 cm³/mol. The number of benzene rings is 1. The molecule has 1 aliphatic rings. The van der Waals surface area contributed by atoms with Crippen LogP contribution in [0.5, 0.6) is 0 Å². The van der Waals surface area contributed by atoms with Crippen molar-refractivity contribution in [2.24, 2.45) is 4.99 Å². The molecule has 0 saturated carbocycles. The second-order valence-corrected chi connectivity index (χ2v) is 17.7. The molecule has 1 atom stereocenters. The molecular weight excluding hydrogens is 767 g/mol. The smallest absolute Gasteiger partial charge is 0.436 e. The van der Waals surface area contributed by atoms with E-state index >= 15 is 0 Å². The second-order valence-electron chi connectivity index (χ2n) is 16.5. The van der Waals surface area contributed by atoms with Crippen LogP contribution >= 0.6 is 11.3 Å². The van der Waals surface area contributed by atoms with Crippen LogP contribution in [0.3, 0.4) is 0 Å². The third-order valence-corrected chi connectivity index (χ3v) is 9.24. The van der Waals surface area contributed by atoms with Crippen molar-refractivity contribution >= 4 is 53.2 Å². The van der Waals surface area contributed by atoms with E-state index in [2.05, 4.69) is 15.3 Å². The second kappa shape index (κ2) is 18.7. The average molecular weight is 820 g/mol. The molecule has 1 N–H and O–H groups in total. The molecule has 0 fully saturated rings. The molecule has 58 heavy (non-hydrogen) atoms. The average Bonchev–Trinajstić information content (AvgIpc) is 3.50. The minimum Gasteiger partial charge on any atom is -0.466 e. The van der Waals surface area contributed by atoms with Gasteiger partial charge in [-0.3, -0.25) is 19.4 Å². The molecule has 1 unspecified atom stereocenters. The maximum Gasteiger partial charge on any atom is 0.436 e. The summed E-state index contributed by atoms with van der Waals surface area (Å²) in [6.45, 7) is 17.4. The van der Waals surface area contributed by atoms with E-state index in [9.17, 15) is 28.8 Å². The zero-order chi connectivity index (χ0) is 43.0. The molecule has 0 radical (unpaired) electrons. The minimum atomic E-state index is -1.16. The summed E-state index contributed by atoms with van der Waals surface area (Å²) in [5.74, 6) is -1.63. The van der Waals surface area contributed by atoms with Crippen molar-refractivity contribution in [1.29, 1.82) is 0 Å². The number of aromatic nitrogens is 1. The number of carbonyl (C=O) groups is 6. The Balaban J connectivity index is 1.64. The predicted octanol–water partition coefficient (Wildman–Crippen LogP) is 7.03. The molecule has 0 saturated heterocycles. The highest BCUT2D eigenvalue weighted by molar-refractivity contribution is 7.12. The Morgan fingerprint density at radius 1 is 0.845 bits per heavy atom. The van der Waals surface area contributed by atoms with Gasteiger partial charge in [0, 0.05) is 52.8 Å². The number of nitrogens with one attached hydrogen (secondary N) is 1. The van der Waals surface area contributed by atoms with Gasteiger partial charge in [-0.25, -0.2) is 14.4 Å². The molecule has 16 heteroatoms. The number of nitrogens with zero attached hydrogens (tertiary/aromatic N) is 4. The quantitative estimate of drug-likeness (QED) is 0.101. The Labute approximate surface area is 343 Å². The molecule has 0 aliphatic carbocycles. The molecular formula is C42H53N5O10S. The molecule has 2 aromatic heterocycles. The van der Waals surface area contributed by atoms with Gasteiger partial charge in [0.15, 0.2) is 5.84 Å². The van der Waals surface area contributed by atoms with Crippen LogP contribution in [0.2, 0.25) is 0 Å². The topological polar surface area (TPSA) is 183 Å². The maximum atomic E-state index is 14.2. The van der Waals surface area contributed by atoms with Crippen molar-refractivity contribution in [2.45, 2.75) is 118 Å². The van der Waals surface area contributed by atoms with E-state index in [-0.39, 0.29) is 35.8 Å². The van der Waals surface area contributed by atoms with Gasteiger partial charge in [-0.1, -0.05) is 12.1 Å². The SMILES string of the molecule is CCOC(=O)Cc1cc2c(s1)CCN(C(=O)C(Cc1ccncc1)NC(=O)c1ccc(C(=NC(=O)OC(C)(C)C)N(C(=O)OC(C)(C)C)C(=O)OC(C)(C)C)cc1)C2. The molecule has 1 aliphatic heterocycles. The van der Waals surface area contributed by atoms with Gasteiger partial charge in [-0.05, 0) is 117 Å². The standard InChI is InChI=1S/C42H53N5O10S/c1-11-54-33(48)24-30-23-29-25-46(21-18-32(29)58-30)36(50)31(22-26-16-19-43-20-17-26)44-35(49)28-14-12-27(13-15-28)34(45-37(51)55-40(2,3)4)47(38(52)56-41(5,6)7)39(53)57-42(8,9)10/h12-17,19-20,23,31H,11,18,21-22,24-25H2,1-10H3,(H,44,49). The third-order valence-electron chi connectivity index (χ3n) is 8.01. The summed E-state index contributed by atoms with van der Waals surface area (Å²) < 4.78 is 21.5. The lowest BCUT2D eigenvalue weighted by Crippen LogP contribution is -2.50. The summed E-state index contributed by atoms with van der Waals surface area (Å²) in [6.07, 6.45) is 0.735. The molecule has 1 aromatic carbocycles. The van der Waals surface area contributed by atoms with Crippen LogP contribution in [0.1, 0.15) is 106 Å². The van der Waals surface area contributed by atoms with Crippen molar-refractivity contribution < 1.29 is 47.7 Å². The lowest BCUT2D eigenvalue weighted by atomic mass is 10.0. The normalized spacial score (nSPS) is 13.8. The van der Waals surface area contributed by atoms with Crippen LogP contribution in [0.25, 0.3) is 0 Å². The molecule has 4 rings (SSSR count). The molecule has 3 aromatic rings. The Hall–Kier alpha value is -5.64. The van der Waals surface area contributed by atoms with Crippen LogP contribution in [0.4, 0.5) is 14.4 Å². The number of carbonyl (C=O) groups excluding carboxylic acids is 6. The molecule has 0 spiro atoms. The number of pyridine rings is 1. The van der Waals surface area contributed by atoms with Gasteiger partial charge in [0.2, 0.25) is 5.91 Å². The maximum absolute atomic E-state index is 14.2. The van der Waals surface area contributed by atoms with E-state index in [1.165, 1.54) is 35.6 Å². The zero-order valence-corrected chi connectivity index (χ0v) is 35.6. The van der Waals surface area contributed by atoms with Gasteiger partial charge < -0.3 is 29.2 Å². The van der Waals surface area contributed by atoms with E-state index in [1.54, 1.807) is 98.7 Å². The van der Waals surface area contributed by atoms with Gasteiger partial charge in [0.1, 0.15) is 22.8 Å². The first-order valence-corrected chi connectivity index (χ1v) is 19.8. The highest BCUT2D eigenvalue weighted by atomic mass is 32.1. The van der Waals surface area contributed by atoms with Gasteiger partial charge in [-0.15, -0.1) is 11.3 Å². The first-order chi connectivity index (χ1) is 27.0. The van der Waals surface area contributed by atoms with Crippen LogP contribution < -0.4 is 5.32 Å². The number of hydrogen-bond donors (Lipinski definition) is 1. The molecule has 312 valence electrons. The van der Waals surface area contributed by atoms with E-state index in [4.69, 9.17) is 18.9 Å². The van der Waals surface area contributed by atoms with Crippen molar-refractivity contribution in [2.75, 3.05) is 13.2 Å². The summed E-state index contributed by atoms with van der Waals surface area (Å²) >= 11 is 1.54. The van der Waals surface area contributed by atoms with E-state index in [0.29, 0.717) is 31.0 Å². The van der Waals surface area contributed by atoms with Crippen LogP contribution in [-0.2, 0) is 54.3 Å². The van der Waals surface area contributed by atoms with Gasteiger partial charge >= 0.3 is 24.2 Å². The summed E-state index contributed by atoms with van der Waals surface area (Å²) in [4.78, 5) is 92.7. The molecule has 15 nitrogen and oxygen atoms in total. The molecule has 0 bridgehead atoms. The highest BCUT2D eigenvalue weighted by Gasteiger charge is 2.37. The fourth-order valence-corrected chi connectivity index (χ4v) is 6.84. The number of rotatable bonds is 9. The highest BCUT2D eigenvalue weighted by Crippen LogP contribution is 2.29. The van der Waals surface area contributed by atoms with Gasteiger partial charge in [-0.2, -0.15) is 9.89 Å². The van der Waals surface area contributed by atoms with Crippen molar-refractivity contribution in [1.82, 2.24) is 20.1 Å². The number of amides is 5. The summed E-state index contributed by atoms with van der Waals surface area (Å²) in [5, 5.41) is 2.89. The van der Waals surface area contributed by atoms with Crippen LogP contribution in [-0.4, -0.2) is 92.7 Å². The number of hydrogen-bond acceptors (Lipinski definition) is 12. The third kappa shape index (κ3) is 13.5. The number of thiophene rings is 1. The first kappa shape index (κ1) is 45.1. The Bertz CT molecular complexity index is 1980. The monoisotopic (exact) mass is 819 g/mol. The fourth-order valence-electron chi connectivity index (χ4n) is 5.69. The Morgan fingerprint density at radius 3 is 1.97 bits per heavy atom. The Kier molecular flexibility index (Phi) is 14.6. The zero-order valence-electron chi connectivity index (χ0n) is 34.8. The Morgan fingerprint density at radius 2 is 1.41 bits per heavy atom. The summed E-state index contributed by atoms with van der Waals surface area (Å²) in [7, 11) is 0.